The topological polar surface area (TPSA) is 46.5 Å². The molecule has 0 saturated carbocycles. The van der Waals surface area contributed by atoms with Gasteiger partial charge in [-0.1, -0.05) is 26.8 Å². The zero-order valence-electron chi connectivity index (χ0n) is 11.1. The van der Waals surface area contributed by atoms with Crippen LogP contribution < -0.4 is 0 Å². The van der Waals surface area contributed by atoms with Gasteiger partial charge in [0, 0.05) is 0 Å². The molecular formula is C14H20O3. The number of esters is 1. The third-order valence-electron chi connectivity index (χ3n) is 2.43. The highest BCUT2D eigenvalue weighted by atomic mass is 16.5. The van der Waals surface area contributed by atoms with Crippen LogP contribution in [-0.4, -0.2) is 17.2 Å². The van der Waals surface area contributed by atoms with E-state index >= 15 is 0 Å². The van der Waals surface area contributed by atoms with Crippen molar-refractivity contribution in [1.82, 2.24) is 0 Å². The first-order chi connectivity index (χ1) is 7.71. The van der Waals surface area contributed by atoms with Crippen LogP contribution in [0.15, 0.2) is 18.2 Å². The van der Waals surface area contributed by atoms with Gasteiger partial charge in [-0.3, -0.25) is 0 Å². The lowest BCUT2D eigenvalue weighted by atomic mass is 9.86. The van der Waals surface area contributed by atoms with E-state index in [2.05, 4.69) is 20.8 Å². The molecule has 0 aliphatic heterocycles. The number of phenols is 1. The van der Waals surface area contributed by atoms with Gasteiger partial charge in [-0.25, -0.2) is 4.79 Å². The average molecular weight is 236 g/mol. The SMILES string of the molecule is CC(C)OC(=O)c1cc(C(C)(C)C)ccc1O. The van der Waals surface area contributed by atoms with Gasteiger partial charge in [0.25, 0.3) is 0 Å². The van der Waals surface area contributed by atoms with Crippen LogP contribution in [0.1, 0.15) is 50.5 Å². The first kappa shape index (κ1) is 13.6. The quantitative estimate of drug-likeness (QED) is 0.802. The normalized spacial score (nSPS) is 11.6. The molecule has 1 rings (SSSR count). The van der Waals surface area contributed by atoms with Crippen molar-refractivity contribution in [3.63, 3.8) is 0 Å². The average Bonchev–Trinajstić information content (AvgIpc) is 2.15. The maximum absolute atomic E-state index is 11.8. The van der Waals surface area contributed by atoms with Gasteiger partial charge < -0.3 is 9.84 Å². The minimum Gasteiger partial charge on any atom is -0.507 e. The molecule has 0 bridgehead atoms. The lowest BCUT2D eigenvalue weighted by Crippen LogP contribution is -2.15. The van der Waals surface area contributed by atoms with Gasteiger partial charge >= 0.3 is 5.97 Å². The molecule has 0 radical (unpaired) electrons. The van der Waals surface area contributed by atoms with Crippen molar-refractivity contribution in [3.05, 3.63) is 29.3 Å². The van der Waals surface area contributed by atoms with Crippen molar-refractivity contribution in [2.75, 3.05) is 0 Å². The minimum absolute atomic E-state index is 0.0383. The highest BCUT2D eigenvalue weighted by molar-refractivity contribution is 5.92. The van der Waals surface area contributed by atoms with Gasteiger partial charge in [0.15, 0.2) is 0 Å². The summed E-state index contributed by atoms with van der Waals surface area (Å²) < 4.78 is 5.09. The van der Waals surface area contributed by atoms with Crippen LogP contribution >= 0.6 is 0 Å². The Bertz CT molecular complexity index is 414. The Hall–Kier alpha value is -1.51. The maximum Gasteiger partial charge on any atom is 0.342 e. The summed E-state index contributed by atoms with van der Waals surface area (Å²) in [6.45, 7) is 9.72. The second-order valence-corrected chi connectivity index (χ2v) is 5.44. The Morgan fingerprint density at radius 2 is 1.88 bits per heavy atom. The minimum atomic E-state index is -0.483. The van der Waals surface area contributed by atoms with E-state index in [4.69, 9.17) is 4.74 Å². The molecule has 0 atom stereocenters. The van der Waals surface area contributed by atoms with E-state index in [-0.39, 0.29) is 22.8 Å². The Labute approximate surface area is 102 Å². The molecule has 0 heterocycles. The van der Waals surface area contributed by atoms with Crippen LogP contribution in [0.5, 0.6) is 5.75 Å². The Morgan fingerprint density at radius 3 is 2.35 bits per heavy atom. The zero-order chi connectivity index (χ0) is 13.2. The van der Waals surface area contributed by atoms with Crippen molar-refractivity contribution in [1.29, 1.82) is 0 Å². The van der Waals surface area contributed by atoms with Crippen molar-refractivity contribution < 1.29 is 14.6 Å². The van der Waals surface area contributed by atoms with Gasteiger partial charge in [0.2, 0.25) is 0 Å². The number of phenolic OH excluding ortho intramolecular Hbond substituents is 1. The predicted molar refractivity (Wildman–Crippen MR) is 67.4 cm³/mol. The predicted octanol–water partition coefficient (Wildman–Crippen LogP) is 3.25. The van der Waals surface area contributed by atoms with E-state index in [1.165, 1.54) is 6.07 Å². The fraction of sp³-hybridized carbons (Fsp3) is 0.500. The van der Waals surface area contributed by atoms with Gasteiger partial charge in [-0.05, 0) is 37.0 Å². The van der Waals surface area contributed by atoms with Gasteiger partial charge in [-0.15, -0.1) is 0 Å². The fourth-order valence-electron chi connectivity index (χ4n) is 1.44. The molecule has 1 aromatic rings. The molecule has 0 aliphatic rings. The monoisotopic (exact) mass is 236 g/mol. The van der Waals surface area contributed by atoms with Crippen LogP contribution in [0, 0.1) is 0 Å². The molecule has 3 heteroatoms. The summed E-state index contributed by atoms with van der Waals surface area (Å²) in [6, 6.07) is 5.05. The molecule has 17 heavy (non-hydrogen) atoms. The molecule has 1 N–H and O–H groups in total. The molecule has 3 nitrogen and oxygen atoms in total. The molecule has 0 spiro atoms. The molecule has 0 aliphatic carbocycles. The maximum atomic E-state index is 11.8. The molecule has 0 unspecified atom stereocenters. The van der Waals surface area contributed by atoms with Gasteiger partial charge in [-0.2, -0.15) is 0 Å². The number of carbonyl (C=O) groups is 1. The molecule has 0 fully saturated rings. The van der Waals surface area contributed by atoms with E-state index < -0.39 is 5.97 Å². The second-order valence-electron chi connectivity index (χ2n) is 5.44. The summed E-state index contributed by atoms with van der Waals surface area (Å²) in [6.07, 6.45) is -0.194. The first-order valence-electron chi connectivity index (χ1n) is 5.76. The number of benzene rings is 1. The standard InChI is InChI=1S/C14H20O3/c1-9(2)17-13(16)11-8-10(14(3,4)5)6-7-12(11)15/h6-9,15H,1-5H3. The van der Waals surface area contributed by atoms with Crippen LogP contribution in [0.3, 0.4) is 0 Å². The van der Waals surface area contributed by atoms with E-state index in [1.54, 1.807) is 19.9 Å². The van der Waals surface area contributed by atoms with Crippen molar-refractivity contribution in [2.24, 2.45) is 0 Å². The summed E-state index contributed by atoms with van der Waals surface area (Å²) in [5.41, 5.74) is 1.15. The third kappa shape index (κ3) is 3.48. The molecule has 1 aromatic carbocycles. The number of ether oxygens (including phenoxy) is 1. The first-order valence-corrected chi connectivity index (χ1v) is 5.76. The summed E-state index contributed by atoms with van der Waals surface area (Å²) >= 11 is 0. The van der Waals surface area contributed by atoms with E-state index in [0.717, 1.165) is 5.56 Å². The molecule has 0 aromatic heterocycles. The fourth-order valence-corrected chi connectivity index (χ4v) is 1.44. The number of hydrogen-bond donors (Lipinski definition) is 1. The van der Waals surface area contributed by atoms with Crippen LogP contribution in [-0.2, 0) is 10.2 Å². The highest BCUT2D eigenvalue weighted by Crippen LogP contribution is 2.27. The van der Waals surface area contributed by atoms with E-state index in [0.29, 0.717) is 0 Å². The van der Waals surface area contributed by atoms with Crippen molar-refractivity contribution in [2.45, 2.75) is 46.1 Å². The highest BCUT2D eigenvalue weighted by Gasteiger charge is 2.19. The number of carbonyl (C=O) groups excluding carboxylic acids is 1. The van der Waals surface area contributed by atoms with Gasteiger partial charge in [0.05, 0.1) is 6.10 Å². The van der Waals surface area contributed by atoms with Crippen LogP contribution in [0.2, 0.25) is 0 Å². The zero-order valence-corrected chi connectivity index (χ0v) is 11.1. The third-order valence-corrected chi connectivity index (χ3v) is 2.43. The lowest BCUT2D eigenvalue weighted by Gasteiger charge is -2.20. The molecule has 0 saturated heterocycles. The largest absolute Gasteiger partial charge is 0.507 e. The molecule has 0 amide bonds. The Kier molecular flexibility index (Phi) is 3.81. The van der Waals surface area contributed by atoms with Crippen LogP contribution in [0.25, 0.3) is 0 Å². The Morgan fingerprint density at radius 1 is 1.29 bits per heavy atom. The van der Waals surface area contributed by atoms with Crippen molar-refractivity contribution in [3.8, 4) is 5.75 Å². The smallest absolute Gasteiger partial charge is 0.342 e. The van der Waals surface area contributed by atoms with E-state index in [1.807, 2.05) is 6.07 Å². The number of hydrogen-bond acceptors (Lipinski definition) is 3. The van der Waals surface area contributed by atoms with E-state index in [9.17, 15) is 9.90 Å². The van der Waals surface area contributed by atoms with Gasteiger partial charge in [0.1, 0.15) is 11.3 Å². The van der Waals surface area contributed by atoms with Crippen LogP contribution in [0.4, 0.5) is 0 Å². The van der Waals surface area contributed by atoms with Crippen molar-refractivity contribution >= 4 is 5.97 Å². The Balaban J connectivity index is 3.11. The summed E-state index contributed by atoms with van der Waals surface area (Å²) in [7, 11) is 0. The summed E-state index contributed by atoms with van der Waals surface area (Å²) in [5, 5.41) is 9.68. The summed E-state index contributed by atoms with van der Waals surface area (Å²) in [4.78, 5) is 11.8. The second kappa shape index (κ2) is 4.78. The number of rotatable bonds is 2. The number of aromatic hydroxyl groups is 1. The summed E-state index contributed by atoms with van der Waals surface area (Å²) in [5.74, 6) is -0.521. The molecule has 94 valence electrons. The lowest BCUT2D eigenvalue weighted by molar-refractivity contribution is 0.0374. The molecular weight excluding hydrogens is 216 g/mol.